The first-order valence-corrected chi connectivity index (χ1v) is 5.93. The second-order valence-electron chi connectivity index (χ2n) is 3.39. The van der Waals surface area contributed by atoms with Crippen LogP contribution in [-0.2, 0) is 5.75 Å². The molecule has 0 spiro atoms. The molecule has 2 heteroatoms. The van der Waals surface area contributed by atoms with Crippen LogP contribution in [0, 0.1) is 6.92 Å². The van der Waals surface area contributed by atoms with Crippen molar-refractivity contribution in [2.24, 2.45) is 0 Å². The van der Waals surface area contributed by atoms with Crippen molar-refractivity contribution in [3.8, 4) is 0 Å². The predicted octanol–water partition coefficient (Wildman–Crippen LogP) is 3.68. The van der Waals surface area contributed by atoms with E-state index >= 15 is 0 Å². The van der Waals surface area contributed by atoms with Gasteiger partial charge in [-0.05, 0) is 24.6 Å². The maximum atomic E-state index is 4.45. The van der Waals surface area contributed by atoms with Gasteiger partial charge in [-0.2, -0.15) is 0 Å². The second kappa shape index (κ2) is 4.99. The third-order valence-corrected chi connectivity index (χ3v) is 3.09. The van der Waals surface area contributed by atoms with Crippen molar-refractivity contribution in [2.45, 2.75) is 17.7 Å². The van der Waals surface area contributed by atoms with Crippen molar-refractivity contribution >= 4 is 11.8 Å². The number of benzene rings is 1. The van der Waals surface area contributed by atoms with Gasteiger partial charge in [-0.25, -0.2) is 4.98 Å². The van der Waals surface area contributed by atoms with E-state index in [4.69, 9.17) is 0 Å². The van der Waals surface area contributed by atoms with Crippen molar-refractivity contribution in [3.05, 3.63) is 59.8 Å². The van der Waals surface area contributed by atoms with Gasteiger partial charge in [-0.1, -0.05) is 36.4 Å². The number of thioether (sulfide) groups is 1. The largest absolute Gasteiger partial charge is 0.247 e. The smallest absolute Gasteiger partial charge is 0.0966 e. The molecule has 0 fully saturated rings. The molecule has 0 bridgehead atoms. The van der Waals surface area contributed by atoms with Gasteiger partial charge in [0.15, 0.2) is 0 Å². The highest BCUT2D eigenvalue weighted by Gasteiger charge is 1.96. The minimum Gasteiger partial charge on any atom is -0.247 e. The number of rotatable bonds is 3. The maximum Gasteiger partial charge on any atom is 0.0966 e. The van der Waals surface area contributed by atoms with Gasteiger partial charge < -0.3 is 0 Å². The summed E-state index contributed by atoms with van der Waals surface area (Å²) >= 11 is 1.78. The SMILES string of the molecule is Cc1cccc(SCc2ccccc2)n1. The van der Waals surface area contributed by atoms with E-state index in [1.807, 2.05) is 19.1 Å². The summed E-state index contributed by atoms with van der Waals surface area (Å²) in [5.41, 5.74) is 2.42. The van der Waals surface area contributed by atoms with Crippen LogP contribution in [0.1, 0.15) is 11.3 Å². The van der Waals surface area contributed by atoms with Gasteiger partial charge in [0, 0.05) is 11.4 Å². The fraction of sp³-hybridized carbons (Fsp3) is 0.154. The Kier molecular flexibility index (Phi) is 3.41. The van der Waals surface area contributed by atoms with Crippen LogP contribution in [0.3, 0.4) is 0 Å². The Labute approximate surface area is 94.6 Å². The van der Waals surface area contributed by atoms with Gasteiger partial charge in [-0.15, -0.1) is 11.8 Å². The number of hydrogen-bond donors (Lipinski definition) is 0. The standard InChI is InChI=1S/C13H13NS/c1-11-6-5-9-13(14-11)15-10-12-7-3-2-4-8-12/h2-9H,10H2,1H3. The zero-order chi connectivity index (χ0) is 10.5. The summed E-state index contributed by atoms with van der Waals surface area (Å²) in [6, 6.07) is 16.6. The van der Waals surface area contributed by atoms with E-state index in [-0.39, 0.29) is 0 Å². The average Bonchev–Trinajstić information content (AvgIpc) is 2.28. The van der Waals surface area contributed by atoms with E-state index in [0.29, 0.717) is 0 Å². The maximum absolute atomic E-state index is 4.45. The molecule has 0 amide bonds. The summed E-state index contributed by atoms with van der Waals surface area (Å²) in [6.07, 6.45) is 0. The van der Waals surface area contributed by atoms with Crippen LogP contribution in [-0.4, -0.2) is 4.98 Å². The van der Waals surface area contributed by atoms with Gasteiger partial charge in [0.25, 0.3) is 0 Å². The first-order valence-electron chi connectivity index (χ1n) is 4.95. The number of pyridine rings is 1. The topological polar surface area (TPSA) is 12.9 Å². The van der Waals surface area contributed by atoms with Gasteiger partial charge >= 0.3 is 0 Å². The van der Waals surface area contributed by atoms with E-state index in [1.165, 1.54) is 5.56 Å². The molecule has 0 aliphatic rings. The van der Waals surface area contributed by atoms with Crippen LogP contribution in [0.5, 0.6) is 0 Å². The van der Waals surface area contributed by atoms with Crippen LogP contribution < -0.4 is 0 Å². The lowest BCUT2D eigenvalue weighted by molar-refractivity contribution is 1.06. The summed E-state index contributed by atoms with van der Waals surface area (Å²) in [4.78, 5) is 4.45. The summed E-state index contributed by atoms with van der Waals surface area (Å²) in [6.45, 7) is 2.02. The average molecular weight is 215 g/mol. The van der Waals surface area contributed by atoms with Crippen molar-refractivity contribution in [1.82, 2.24) is 4.98 Å². The molecule has 76 valence electrons. The molecule has 0 N–H and O–H groups in total. The first kappa shape index (κ1) is 10.2. The van der Waals surface area contributed by atoms with Gasteiger partial charge in [0.1, 0.15) is 0 Å². The molecule has 0 aliphatic heterocycles. The van der Waals surface area contributed by atoms with Crippen molar-refractivity contribution in [2.75, 3.05) is 0 Å². The quantitative estimate of drug-likeness (QED) is 0.724. The van der Waals surface area contributed by atoms with E-state index in [0.717, 1.165) is 16.5 Å². The molecule has 0 radical (unpaired) electrons. The second-order valence-corrected chi connectivity index (χ2v) is 4.39. The lowest BCUT2D eigenvalue weighted by Gasteiger charge is -2.01. The van der Waals surface area contributed by atoms with Crippen LogP contribution in [0.2, 0.25) is 0 Å². The molecular formula is C13H13NS. The Morgan fingerprint density at radius 1 is 1.00 bits per heavy atom. The fourth-order valence-electron chi connectivity index (χ4n) is 1.33. The van der Waals surface area contributed by atoms with Crippen LogP contribution >= 0.6 is 11.8 Å². The molecule has 0 aliphatic carbocycles. The van der Waals surface area contributed by atoms with Gasteiger partial charge in [0.2, 0.25) is 0 Å². The summed E-state index contributed by atoms with van der Waals surface area (Å²) in [5, 5.41) is 1.10. The van der Waals surface area contributed by atoms with Crippen molar-refractivity contribution < 1.29 is 0 Å². The molecule has 2 aromatic rings. The molecule has 0 atom stereocenters. The van der Waals surface area contributed by atoms with Gasteiger partial charge in [0.05, 0.1) is 5.03 Å². The van der Waals surface area contributed by atoms with Crippen molar-refractivity contribution in [3.63, 3.8) is 0 Å². The fourth-order valence-corrected chi connectivity index (χ4v) is 2.22. The van der Waals surface area contributed by atoms with E-state index in [2.05, 4.69) is 41.4 Å². The van der Waals surface area contributed by atoms with Crippen LogP contribution in [0.15, 0.2) is 53.6 Å². The Bertz CT molecular complexity index is 426. The Morgan fingerprint density at radius 2 is 1.80 bits per heavy atom. The molecule has 1 aromatic carbocycles. The monoisotopic (exact) mass is 215 g/mol. The highest BCUT2D eigenvalue weighted by Crippen LogP contribution is 2.20. The van der Waals surface area contributed by atoms with E-state index in [9.17, 15) is 0 Å². The normalized spacial score (nSPS) is 10.2. The van der Waals surface area contributed by atoms with Crippen LogP contribution in [0.25, 0.3) is 0 Å². The first-order chi connectivity index (χ1) is 7.34. The van der Waals surface area contributed by atoms with Gasteiger partial charge in [-0.3, -0.25) is 0 Å². The molecular weight excluding hydrogens is 202 g/mol. The third-order valence-electron chi connectivity index (χ3n) is 2.09. The number of aromatic nitrogens is 1. The predicted molar refractivity (Wildman–Crippen MR) is 65.0 cm³/mol. The molecule has 1 aromatic heterocycles. The minimum absolute atomic E-state index is 0.983. The molecule has 1 heterocycles. The number of aryl methyl sites for hydroxylation is 1. The molecule has 0 saturated carbocycles. The summed E-state index contributed by atoms with van der Waals surface area (Å²) in [5.74, 6) is 0.983. The lowest BCUT2D eigenvalue weighted by atomic mass is 10.2. The van der Waals surface area contributed by atoms with E-state index < -0.39 is 0 Å². The lowest BCUT2D eigenvalue weighted by Crippen LogP contribution is -1.84. The zero-order valence-electron chi connectivity index (χ0n) is 8.68. The highest BCUT2D eigenvalue weighted by atomic mass is 32.2. The molecule has 15 heavy (non-hydrogen) atoms. The van der Waals surface area contributed by atoms with Crippen LogP contribution in [0.4, 0.5) is 0 Å². The van der Waals surface area contributed by atoms with Crippen molar-refractivity contribution in [1.29, 1.82) is 0 Å². The molecule has 2 rings (SSSR count). The molecule has 0 unspecified atom stereocenters. The Hall–Kier alpha value is -1.28. The molecule has 1 nitrogen and oxygen atoms in total. The Morgan fingerprint density at radius 3 is 2.53 bits per heavy atom. The summed E-state index contributed by atoms with van der Waals surface area (Å²) < 4.78 is 0. The number of hydrogen-bond acceptors (Lipinski definition) is 2. The van der Waals surface area contributed by atoms with E-state index in [1.54, 1.807) is 11.8 Å². The minimum atomic E-state index is 0.983. The Balaban J connectivity index is 1.99. The highest BCUT2D eigenvalue weighted by molar-refractivity contribution is 7.98. The third kappa shape index (κ3) is 3.10. The number of nitrogens with zero attached hydrogens (tertiary/aromatic N) is 1. The molecule has 0 saturated heterocycles. The zero-order valence-corrected chi connectivity index (χ0v) is 9.50. The summed E-state index contributed by atoms with van der Waals surface area (Å²) in [7, 11) is 0.